The van der Waals surface area contributed by atoms with Crippen molar-refractivity contribution in [2.45, 2.75) is 20.3 Å². The Bertz CT molecular complexity index is 1020. The monoisotopic (exact) mass is 394 g/mol. The second-order valence-corrected chi connectivity index (χ2v) is 8.42. The van der Waals surface area contributed by atoms with Crippen molar-refractivity contribution in [1.82, 2.24) is 19.3 Å². The predicted octanol–water partition coefficient (Wildman–Crippen LogP) is 3.77. The molecule has 1 amide bonds. The number of rotatable bonds is 5. The number of imidazole rings is 1. The summed E-state index contributed by atoms with van der Waals surface area (Å²) in [5.41, 5.74) is 2.88. The summed E-state index contributed by atoms with van der Waals surface area (Å²) in [5.74, 6) is 1.38. The van der Waals surface area contributed by atoms with Crippen LogP contribution in [0.2, 0.25) is 0 Å². The van der Waals surface area contributed by atoms with E-state index in [-0.39, 0.29) is 5.91 Å². The number of nitrogens with zero attached hydrogens (tertiary/aromatic N) is 5. The molecule has 3 aromatic rings. The Morgan fingerprint density at radius 2 is 2.14 bits per heavy atom. The maximum atomic E-state index is 12.9. The minimum Gasteiger partial charge on any atom is -0.310 e. The Morgan fingerprint density at radius 1 is 1.29 bits per heavy atom. The Hall–Kier alpha value is -2.51. The lowest BCUT2D eigenvalue weighted by molar-refractivity contribution is 0.0996. The van der Waals surface area contributed by atoms with Crippen molar-refractivity contribution in [2.75, 3.05) is 31.6 Å². The summed E-state index contributed by atoms with van der Waals surface area (Å²) in [6, 6.07) is 3.82. The summed E-state index contributed by atoms with van der Waals surface area (Å²) < 4.78 is 1.92. The van der Waals surface area contributed by atoms with E-state index in [1.54, 1.807) is 24.3 Å². The van der Waals surface area contributed by atoms with E-state index < -0.39 is 0 Å². The molecule has 0 saturated carbocycles. The van der Waals surface area contributed by atoms with E-state index in [1.807, 2.05) is 28.9 Å². The van der Waals surface area contributed by atoms with Crippen LogP contribution in [0.5, 0.6) is 0 Å². The molecule has 4 heterocycles. The van der Waals surface area contributed by atoms with E-state index in [1.165, 1.54) is 22.8 Å². The molecule has 1 radical (unpaired) electrons. The normalized spacial score (nSPS) is 15.2. The zero-order valence-corrected chi connectivity index (χ0v) is 17.2. The highest BCUT2D eigenvalue weighted by atomic mass is 32.1. The van der Waals surface area contributed by atoms with Crippen LogP contribution >= 0.6 is 11.3 Å². The fraction of sp³-hybridized carbons (Fsp3) is 0.333. The van der Waals surface area contributed by atoms with Crippen molar-refractivity contribution in [2.24, 2.45) is 0 Å². The molecule has 0 fully saturated rings. The lowest BCUT2D eigenvalue weighted by Gasteiger charge is -2.26. The molecule has 0 saturated heterocycles. The molecule has 28 heavy (non-hydrogen) atoms. The maximum Gasteiger partial charge on any atom is 0.269 e. The smallest absolute Gasteiger partial charge is 0.269 e. The quantitative estimate of drug-likeness (QED) is 0.661. The predicted molar refractivity (Wildman–Crippen MR) is 114 cm³/mol. The second-order valence-electron chi connectivity index (χ2n) is 7.39. The van der Waals surface area contributed by atoms with Gasteiger partial charge in [0.1, 0.15) is 15.5 Å². The molecule has 0 unspecified atom stereocenters. The number of thiazole rings is 1. The van der Waals surface area contributed by atoms with Crippen LogP contribution in [0.25, 0.3) is 11.2 Å². The average Bonchev–Trinajstić information content (AvgIpc) is 3.36. The molecule has 1 aliphatic heterocycles. The molecule has 0 aliphatic carbocycles. The van der Waals surface area contributed by atoms with E-state index in [0.29, 0.717) is 4.88 Å². The van der Waals surface area contributed by atoms with Crippen LogP contribution in [-0.4, -0.2) is 51.9 Å². The van der Waals surface area contributed by atoms with Crippen LogP contribution < -0.4 is 4.90 Å². The van der Waals surface area contributed by atoms with Gasteiger partial charge >= 0.3 is 0 Å². The van der Waals surface area contributed by atoms with Gasteiger partial charge in [0.25, 0.3) is 5.91 Å². The van der Waals surface area contributed by atoms with Crippen LogP contribution in [0, 0.1) is 5.92 Å². The van der Waals surface area contributed by atoms with Gasteiger partial charge in [-0.1, -0.05) is 19.9 Å². The molecule has 0 spiro atoms. The fourth-order valence-corrected chi connectivity index (χ4v) is 4.37. The fourth-order valence-electron chi connectivity index (χ4n) is 3.41. The molecule has 0 N–H and O–H groups in total. The van der Waals surface area contributed by atoms with Crippen molar-refractivity contribution < 1.29 is 4.79 Å². The minimum atomic E-state index is -0.0473. The zero-order chi connectivity index (χ0) is 19.7. The van der Waals surface area contributed by atoms with Crippen molar-refractivity contribution in [3.05, 3.63) is 58.8 Å². The first-order chi connectivity index (χ1) is 13.5. The maximum absolute atomic E-state index is 12.9. The highest BCUT2D eigenvalue weighted by molar-refractivity contribution is 7.14. The van der Waals surface area contributed by atoms with E-state index in [9.17, 15) is 4.79 Å². The van der Waals surface area contributed by atoms with Crippen LogP contribution in [-0.2, 0) is 0 Å². The summed E-state index contributed by atoms with van der Waals surface area (Å²) in [4.78, 5) is 26.5. The van der Waals surface area contributed by atoms with Gasteiger partial charge in [-0.05, 0) is 24.0 Å². The first-order valence-corrected chi connectivity index (χ1v) is 10.2. The van der Waals surface area contributed by atoms with E-state index >= 15 is 0 Å². The largest absolute Gasteiger partial charge is 0.310 e. The van der Waals surface area contributed by atoms with Gasteiger partial charge in [-0.25, -0.2) is 9.97 Å². The molecule has 145 valence electrons. The second kappa shape index (κ2) is 7.85. The molecular formula is C21H24N5OS. The Balaban J connectivity index is 1.47. The molecular weight excluding hydrogens is 370 g/mol. The molecule has 7 heteroatoms. The van der Waals surface area contributed by atoms with Gasteiger partial charge in [-0.3, -0.25) is 9.69 Å². The number of hydrogen-bond donors (Lipinski definition) is 0. The minimum absolute atomic E-state index is 0.0473. The first-order valence-electron chi connectivity index (χ1n) is 9.38. The number of carbonyl (C=O) groups excluding carboxylic acids is 1. The molecule has 0 bridgehead atoms. The van der Waals surface area contributed by atoms with Gasteiger partial charge in [-0.15, -0.1) is 11.3 Å². The average molecular weight is 395 g/mol. The molecule has 1 aliphatic rings. The Labute approximate surface area is 169 Å². The van der Waals surface area contributed by atoms with E-state index in [2.05, 4.69) is 34.8 Å². The number of fused-ring (bicyclic) bond motifs is 1. The Morgan fingerprint density at radius 3 is 2.89 bits per heavy atom. The molecule has 4 rings (SSSR count). The first kappa shape index (κ1) is 18.8. The number of carbonyl (C=O) groups is 1. The lowest BCUT2D eigenvalue weighted by Crippen LogP contribution is -2.31. The van der Waals surface area contributed by atoms with E-state index in [4.69, 9.17) is 0 Å². The highest BCUT2D eigenvalue weighted by Crippen LogP contribution is 2.28. The van der Waals surface area contributed by atoms with Crippen LogP contribution in [0.15, 0.2) is 43.0 Å². The third-order valence-electron chi connectivity index (χ3n) is 4.90. The third-order valence-corrected chi connectivity index (χ3v) is 5.96. The number of aromatic nitrogens is 3. The topological polar surface area (TPSA) is 53.7 Å². The summed E-state index contributed by atoms with van der Waals surface area (Å²) in [6.45, 7) is 7.34. The number of hydrogen-bond acceptors (Lipinski definition) is 5. The SMILES string of the molecule is C[C](C)CN1CC=C(c2ncc(C(=O)N(C)c3ccn4ccnc4c3)s2)CC1. The number of anilines is 1. The molecule has 0 aromatic carbocycles. The van der Waals surface area contributed by atoms with Crippen LogP contribution in [0.4, 0.5) is 5.69 Å². The summed E-state index contributed by atoms with van der Waals surface area (Å²) in [6.07, 6.45) is 10.5. The van der Waals surface area contributed by atoms with Gasteiger partial charge in [-0.2, -0.15) is 0 Å². The van der Waals surface area contributed by atoms with Gasteiger partial charge in [0.05, 0.1) is 6.20 Å². The zero-order valence-electron chi connectivity index (χ0n) is 16.4. The van der Waals surface area contributed by atoms with Crippen LogP contribution in [0.1, 0.15) is 34.9 Å². The highest BCUT2D eigenvalue weighted by Gasteiger charge is 2.20. The standard InChI is InChI=1S/C21H24N5OS/c1-15(2)14-25-8-4-16(5-9-25)20-23-13-18(28-20)21(27)24(3)17-6-10-26-11-7-22-19(26)12-17/h4,6-7,10-13H,5,8-9,14H2,1-3H3. The Kier molecular flexibility index (Phi) is 5.28. The van der Waals surface area contributed by atoms with Gasteiger partial charge in [0.15, 0.2) is 0 Å². The van der Waals surface area contributed by atoms with Gasteiger partial charge < -0.3 is 9.30 Å². The molecule has 0 atom stereocenters. The lowest BCUT2D eigenvalue weighted by atomic mass is 10.1. The van der Waals surface area contributed by atoms with Crippen molar-refractivity contribution in [1.29, 1.82) is 0 Å². The molecule has 3 aromatic heterocycles. The van der Waals surface area contributed by atoms with Crippen molar-refractivity contribution >= 4 is 34.2 Å². The van der Waals surface area contributed by atoms with Gasteiger partial charge in [0, 0.05) is 57.0 Å². The van der Waals surface area contributed by atoms with Crippen LogP contribution in [0.3, 0.4) is 0 Å². The number of pyridine rings is 1. The summed E-state index contributed by atoms with van der Waals surface area (Å²) in [7, 11) is 1.79. The summed E-state index contributed by atoms with van der Waals surface area (Å²) >= 11 is 1.48. The van der Waals surface area contributed by atoms with Gasteiger partial charge in [0.2, 0.25) is 0 Å². The van der Waals surface area contributed by atoms with E-state index in [0.717, 1.165) is 42.4 Å². The summed E-state index contributed by atoms with van der Waals surface area (Å²) in [5, 5.41) is 0.956. The third kappa shape index (κ3) is 3.86. The molecule has 6 nitrogen and oxygen atoms in total. The van der Waals surface area contributed by atoms with Crippen molar-refractivity contribution in [3.8, 4) is 0 Å². The van der Waals surface area contributed by atoms with Crippen molar-refractivity contribution in [3.63, 3.8) is 0 Å². The number of amides is 1.